The molecular weight excluding hydrogens is 267 g/mol. The van der Waals surface area contributed by atoms with Gasteiger partial charge >= 0.3 is 0 Å². The van der Waals surface area contributed by atoms with Gasteiger partial charge in [-0.3, -0.25) is 0 Å². The van der Waals surface area contributed by atoms with Gasteiger partial charge in [0.25, 0.3) is 0 Å². The van der Waals surface area contributed by atoms with E-state index in [4.69, 9.17) is 10.00 Å². The molecule has 0 amide bonds. The van der Waals surface area contributed by atoms with Crippen LogP contribution in [0.15, 0.2) is 36.4 Å². The van der Waals surface area contributed by atoms with Crippen LogP contribution in [0.3, 0.4) is 0 Å². The van der Waals surface area contributed by atoms with Gasteiger partial charge in [0.15, 0.2) is 0 Å². The molecule has 0 fully saturated rings. The molecule has 3 nitrogen and oxygen atoms in total. The van der Waals surface area contributed by atoms with Crippen molar-refractivity contribution in [2.75, 3.05) is 11.9 Å². The molecule has 106 valence electrons. The van der Waals surface area contributed by atoms with Gasteiger partial charge in [-0.1, -0.05) is 12.1 Å². The number of hydrogen-bond donors (Lipinski definition) is 1. The van der Waals surface area contributed by atoms with Crippen LogP contribution in [-0.4, -0.2) is 6.61 Å². The number of fused-ring (bicyclic) bond motifs is 1. The number of rotatable bonds is 3. The lowest BCUT2D eigenvalue weighted by Crippen LogP contribution is -2.08. The first-order valence-corrected chi connectivity index (χ1v) is 6.90. The van der Waals surface area contributed by atoms with Crippen LogP contribution in [0.2, 0.25) is 0 Å². The van der Waals surface area contributed by atoms with Crippen molar-refractivity contribution in [3.63, 3.8) is 0 Å². The molecule has 0 aliphatic carbocycles. The third-order valence-electron chi connectivity index (χ3n) is 3.71. The summed E-state index contributed by atoms with van der Waals surface area (Å²) in [5.41, 5.74) is 2.85. The Morgan fingerprint density at radius 2 is 2.19 bits per heavy atom. The Kier molecular flexibility index (Phi) is 3.49. The highest BCUT2D eigenvalue weighted by molar-refractivity contribution is 5.59. The highest BCUT2D eigenvalue weighted by Gasteiger charge is 2.16. The maximum atomic E-state index is 13.6. The summed E-state index contributed by atoms with van der Waals surface area (Å²) in [6.07, 6.45) is 0.916. The molecule has 1 heterocycles. The maximum absolute atomic E-state index is 13.6. The monoisotopic (exact) mass is 282 g/mol. The molecule has 1 unspecified atom stereocenters. The smallest absolute Gasteiger partial charge is 0.143 e. The Hall–Kier alpha value is -2.54. The number of hydrogen-bond acceptors (Lipinski definition) is 3. The molecule has 1 atom stereocenters. The van der Waals surface area contributed by atoms with Gasteiger partial charge < -0.3 is 10.1 Å². The van der Waals surface area contributed by atoms with E-state index in [1.165, 1.54) is 11.6 Å². The Morgan fingerprint density at radius 1 is 1.33 bits per heavy atom. The summed E-state index contributed by atoms with van der Waals surface area (Å²) in [4.78, 5) is 0. The first kappa shape index (κ1) is 13.4. The molecule has 0 radical (unpaired) electrons. The lowest BCUT2D eigenvalue weighted by Gasteiger charge is -2.17. The topological polar surface area (TPSA) is 45.0 Å². The van der Waals surface area contributed by atoms with Gasteiger partial charge in [0.1, 0.15) is 23.2 Å². The SMILES string of the molecule is CC(Nc1cccc(F)c1C#N)c1ccc2c(c1)CCO2. The fourth-order valence-corrected chi connectivity index (χ4v) is 2.55. The van der Waals surface area contributed by atoms with E-state index in [-0.39, 0.29) is 11.6 Å². The standard InChI is InChI=1S/C17H15FN2O/c1-11(12-5-6-17-13(9-12)7-8-21-17)20-16-4-2-3-15(18)14(16)10-19/h2-6,9,11,20H,7-8H2,1H3. The van der Waals surface area contributed by atoms with Crippen LogP contribution < -0.4 is 10.1 Å². The third-order valence-corrected chi connectivity index (χ3v) is 3.71. The molecule has 1 N–H and O–H groups in total. The normalized spacial score (nSPS) is 14.0. The average molecular weight is 282 g/mol. The molecule has 2 aromatic rings. The lowest BCUT2D eigenvalue weighted by molar-refractivity contribution is 0.357. The first-order chi connectivity index (χ1) is 10.2. The molecule has 4 heteroatoms. The number of nitrogens with one attached hydrogen (secondary N) is 1. The molecule has 21 heavy (non-hydrogen) atoms. The number of anilines is 1. The van der Waals surface area contributed by atoms with Crippen molar-refractivity contribution in [2.24, 2.45) is 0 Å². The first-order valence-electron chi connectivity index (χ1n) is 6.90. The molecular formula is C17H15FN2O. The minimum absolute atomic E-state index is 0.0233. The van der Waals surface area contributed by atoms with Crippen molar-refractivity contribution >= 4 is 5.69 Å². The summed E-state index contributed by atoms with van der Waals surface area (Å²) in [7, 11) is 0. The Labute approximate surface area is 123 Å². The number of halogens is 1. The predicted octanol–water partition coefficient (Wildman–Crippen LogP) is 3.81. The van der Waals surface area contributed by atoms with Crippen LogP contribution in [0.1, 0.15) is 29.7 Å². The second-order valence-electron chi connectivity index (χ2n) is 5.11. The van der Waals surface area contributed by atoms with Crippen molar-refractivity contribution in [3.8, 4) is 11.8 Å². The van der Waals surface area contributed by atoms with E-state index in [1.807, 2.05) is 25.1 Å². The van der Waals surface area contributed by atoms with Crippen molar-refractivity contribution in [3.05, 3.63) is 58.9 Å². The van der Waals surface area contributed by atoms with Crippen molar-refractivity contribution in [1.82, 2.24) is 0 Å². The van der Waals surface area contributed by atoms with Crippen molar-refractivity contribution in [2.45, 2.75) is 19.4 Å². The van der Waals surface area contributed by atoms with Gasteiger partial charge in [0.05, 0.1) is 12.3 Å². The van der Waals surface area contributed by atoms with E-state index in [0.29, 0.717) is 5.69 Å². The zero-order valence-corrected chi connectivity index (χ0v) is 11.7. The average Bonchev–Trinajstić information content (AvgIpc) is 2.94. The number of benzene rings is 2. The fourth-order valence-electron chi connectivity index (χ4n) is 2.55. The van der Waals surface area contributed by atoms with Gasteiger partial charge in [-0.25, -0.2) is 4.39 Å². The van der Waals surface area contributed by atoms with Crippen LogP contribution in [0, 0.1) is 17.1 Å². The minimum atomic E-state index is -0.503. The van der Waals surface area contributed by atoms with Crippen LogP contribution in [-0.2, 0) is 6.42 Å². The van der Waals surface area contributed by atoms with Gasteiger partial charge in [-0.05, 0) is 42.3 Å². The molecule has 3 rings (SSSR count). The molecule has 1 aliphatic heterocycles. The predicted molar refractivity (Wildman–Crippen MR) is 78.8 cm³/mol. The van der Waals surface area contributed by atoms with E-state index in [1.54, 1.807) is 12.1 Å². The Morgan fingerprint density at radius 3 is 3.00 bits per heavy atom. The van der Waals surface area contributed by atoms with Crippen molar-refractivity contribution in [1.29, 1.82) is 5.26 Å². The summed E-state index contributed by atoms with van der Waals surface area (Å²) in [5.74, 6) is 0.437. The minimum Gasteiger partial charge on any atom is -0.493 e. The van der Waals surface area contributed by atoms with E-state index in [0.717, 1.165) is 24.3 Å². The zero-order chi connectivity index (χ0) is 14.8. The van der Waals surface area contributed by atoms with E-state index in [9.17, 15) is 4.39 Å². The molecule has 0 aromatic heterocycles. The maximum Gasteiger partial charge on any atom is 0.143 e. The summed E-state index contributed by atoms with van der Waals surface area (Å²) in [6.45, 7) is 2.71. The van der Waals surface area contributed by atoms with Gasteiger partial charge in [-0.2, -0.15) is 5.26 Å². The second kappa shape index (κ2) is 5.45. The van der Waals surface area contributed by atoms with E-state index in [2.05, 4.69) is 11.4 Å². The molecule has 2 aromatic carbocycles. The Balaban J connectivity index is 1.86. The summed E-state index contributed by atoms with van der Waals surface area (Å²) in [5, 5.41) is 12.3. The number of ether oxygens (including phenoxy) is 1. The van der Waals surface area contributed by atoms with Crippen LogP contribution in [0.25, 0.3) is 0 Å². The molecule has 0 saturated heterocycles. The number of nitriles is 1. The zero-order valence-electron chi connectivity index (χ0n) is 11.7. The third kappa shape index (κ3) is 2.55. The highest BCUT2D eigenvalue weighted by Crippen LogP contribution is 2.30. The summed E-state index contributed by atoms with van der Waals surface area (Å²) >= 11 is 0. The van der Waals surface area contributed by atoms with Gasteiger partial charge in [-0.15, -0.1) is 0 Å². The molecule has 1 aliphatic rings. The van der Waals surface area contributed by atoms with Crippen LogP contribution in [0.5, 0.6) is 5.75 Å². The molecule has 0 spiro atoms. The van der Waals surface area contributed by atoms with Gasteiger partial charge in [0, 0.05) is 12.5 Å². The Bertz CT molecular complexity index is 721. The quantitative estimate of drug-likeness (QED) is 0.931. The molecule has 0 saturated carbocycles. The fraction of sp³-hybridized carbons (Fsp3) is 0.235. The van der Waals surface area contributed by atoms with Crippen molar-refractivity contribution < 1.29 is 9.13 Å². The summed E-state index contributed by atoms with van der Waals surface area (Å²) < 4.78 is 19.1. The van der Waals surface area contributed by atoms with E-state index < -0.39 is 5.82 Å². The van der Waals surface area contributed by atoms with E-state index >= 15 is 0 Å². The highest BCUT2D eigenvalue weighted by atomic mass is 19.1. The number of nitrogens with zero attached hydrogens (tertiary/aromatic N) is 1. The van der Waals surface area contributed by atoms with Crippen LogP contribution >= 0.6 is 0 Å². The largest absolute Gasteiger partial charge is 0.493 e. The second-order valence-corrected chi connectivity index (χ2v) is 5.11. The molecule has 0 bridgehead atoms. The lowest BCUT2D eigenvalue weighted by atomic mass is 10.0. The summed E-state index contributed by atoms with van der Waals surface area (Å²) in [6, 6.07) is 12.6. The van der Waals surface area contributed by atoms with Gasteiger partial charge in [0.2, 0.25) is 0 Å². The van der Waals surface area contributed by atoms with Crippen LogP contribution in [0.4, 0.5) is 10.1 Å².